The van der Waals surface area contributed by atoms with Gasteiger partial charge >= 0.3 is 0 Å². The first-order chi connectivity index (χ1) is 9.90. The van der Waals surface area contributed by atoms with Gasteiger partial charge in [0.1, 0.15) is 0 Å². The largest absolute Gasteiger partial charge is 0.373 e. The molecule has 0 heterocycles. The van der Waals surface area contributed by atoms with Gasteiger partial charge in [-0.05, 0) is 23.8 Å². The van der Waals surface area contributed by atoms with Crippen LogP contribution in [0.2, 0.25) is 5.02 Å². The number of nitro groups is 1. The molecule has 110 valence electrons. The number of rotatable bonds is 4. The summed E-state index contributed by atoms with van der Waals surface area (Å²) < 4.78 is 27.6. The average molecular weight is 378 g/mol. The maximum atomic E-state index is 13.7. The first-order valence-corrected chi connectivity index (χ1v) is 6.87. The van der Waals surface area contributed by atoms with E-state index in [1.807, 2.05) is 0 Å². The molecule has 0 saturated carbocycles. The zero-order chi connectivity index (χ0) is 15.6. The molecular weight excluding hydrogens is 370 g/mol. The molecule has 2 aromatic rings. The fourth-order valence-electron chi connectivity index (χ4n) is 1.71. The van der Waals surface area contributed by atoms with Gasteiger partial charge in [-0.1, -0.05) is 33.6 Å². The Bertz CT molecular complexity index is 713. The molecule has 0 aliphatic heterocycles. The SMILES string of the molecule is O=[N+]([O-])c1ccc(F)c(F)c1NCc1ccc(Cl)cc1Br. The molecule has 1 N–H and O–H groups in total. The Hall–Kier alpha value is -1.73. The van der Waals surface area contributed by atoms with Crippen LogP contribution in [0.4, 0.5) is 20.2 Å². The molecule has 4 nitrogen and oxygen atoms in total. The summed E-state index contributed by atoms with van der Waals surface area (Å²) in [5, 5.41) is 13.9. The Kier molecular flexibility index (Phi) is 4.74. The van der Waals surface area contributed by atoms with Crippen LogP contribution in [0, 0.1) is 21.7 Å². The highest BCUT2D eigenvalue weighted by Gasteiger charge is 2.21. The van der Waals surface area contributed by atoms with Crippen LogP contribution in [-0.4, -0.2) is 4.92 Å². The third-order valence-corrected chi connectivity index (χ3v) is 3.71. The van der Waals surface area contributed by atoms with Crippen LogP contribution in [0.15, 0.2) is 34.8 Å². The van der Waals surface area contributed by atoms with Gasteiger partial charge in [0.15, 0.2) is 17.3 Å². The van der Waals surface area contributed by atoms with Crippen molar-refractivity contribution in [3.05, 3.63) is 67.1 Å². The molecular formula is C13H8BrClF2N2O2. The van der Waals surface area contributed by atoms with Gasteiger partial charge in [0.25, 0.3) is 5.69 Å². The van der Waals surface area contributed by atoms with E-state index in [0.717, 1.165) is 12.1 Å². The topological polar surface area (TPSA) is 55.2 Å². The lowest BCUT2D eigenvalue weighted by atomic mass is 10.2. The van der Waals surface area contributed by atoms with Crippen molar-refractivity contribution in [1.82, 2.24) is 0 Å². The van der Waals surface area contributed by atoms with Gasteiger partial charge in [0, 0.05) is 22.1 Å². The molecule has 0 unspecified atom stereocenters. The third kappa shape index (κ3) is 3.48. The van der Waals surface area contributed by atoms with Crippen LogP contribution in [0.1, 0.15) is 5.56 Å². The van der Waals surface area contributed by atoms with E-state index < -0.39 is 27.9 Å². The minimum atomic E-state index is -1.28. The molecule has 0 aromatic heterocycles. The maximum Gasteiger partial charge on any atom is 0.295 e. The lowest BCUT2D eigenvalue weighted by molar-refractivity contribution is -0.384. The Morgan fingerprint density at radius 2 is 2.00 bits per heavy atom. The number of nitrogens with one attached hydrogen (secondary N) is 1. The number of benzene rings is 2. The second kappa shape index (κ2) is 6.36. The van der Waals surface area contributed by atoms with Crippen molar-refractivity contribution in [2.45, 2.75) is 6.54 Å². The molecule has 0 saturated heterocycles. The number of hydrogen-bond donors (Lipinski definition) is 1. The van der Waals surface area contributed by atoms with Gasteiger partial charge < -0.3 is 5.32 Å². The van der Waals surface area contributed by atoms with E-state index in [1.54, 1.807) is 18.2 Å². The average Bonchev–Trinajstić information content (AvgIpc) is 2.41. The number of nitrogens with zero attached hydrogens (tertiary/aromatic N) is 1. The van der Waals surface area contributed by atoms with Crippen molar-refractivity contribution in [1.29, 1.82) is 0 Å². The van der Waals surface area contributed by atoms with Gasteiger partial charge in [-0.3, -0.25) is 10.1 Å². The van der Waals surface area contributed by atoms with E-state index >= 15 is 0 Å². The molecule has 0 aliphatic carbocycles. The summed E-state index contributed by atoms with van der Waals surface area (Å²) in [6.45, 7) is 0.0684. The number of anilines is 1. The first-order valence-electron chi connectivity index (χ1n) is 5.70. The van der Waals surface area contributed by atoms with E-state index in [2.05, 4.69) is 21.2 Å². The van der Waals surface area contributed by atoms with Crippen LogP contribution < -0.4 is 5.32 Å². The molecule has 0 radical (unpaired) electrons. The fourth-order valence-corrected chi connectivity index (χ4v) is 2.53. The molecule has 0 fully saturated rings. The summed E-state index contributed by atoms with van der Waals surface area (Å²) in [5.41, 5.74) is -0.321. The van der Waals surface area contributed by atoms with Crippen molar-refractivity contribution >= 4 is 38.9 Å². The van der Waals surface area contributed by atoms with Gasteiger partial charge in [-0.2, -0.15) is 0 Å². The maximum absolute atomic E-state index is 13.7. The van der Waals surface area contributed by atoms with Gasteiger partial charge in [-0.25, -0.2) is 8.78 Å². The summed E-state index contributed by atoms with van der Waals surface area (Å²) in [4.78, 5) is 10.1. The lowest BCUT2D eigenvalue weighted by Crippen LogP contribution is -2.06. The number of nitro benzene ring substituents is 1. The predicted molar refractivity (Wildman–Crippen MR) is 79.5 cm³/mol. The minimum Gasteiger partial charge on any atom is -0.373 e. The minimum absolute atomic E-state index is 0.0684. The summed E-state index contributed by atoms with van der Waals surface area (Å²) >= 11 is 9.07. The van der Waals surface area contributed by atoms with Gasteiger partial charge in [0.2, 0.25) is 0 Å². The van der Waals surface area contributed by atoms with E-state index in [1.165, 1.54) is 0 Å². The Balaban J connectivity index is 2.31. The van der Waals surface area contributed by atoms with E-state index in [0.29, 0.717) is 15.1 Å². The van der Waals surface area contributed by atoms with E-state index in [4.69, 9.17) is 11.6 Å². The van der Waals surface area contributed by atoms with E-state index in [-0.39, 0.29) is 6.54 Å². The highest BCUT2D eigenvalue weighted by atomic mass is 79.9. The quantitative estimate of drug-likeness (QED) is 0.609. The normalized spacial score (nSPS) is 10.5. The standard InChI is InChI=1S/C13H8BrClF2N2O2/c14-9-5-8(15)2-1-7(9)6-18-13-11(19(20)21)4-3-10(16)12(13)17/h1-5,18H,6H2. The molecule has 2 aromatic carbocycles. The summed E-state index contributed by atoms with van der Waals surface area (Å²) in [7, 11) is 0. The van der Waals surface area contributed by atoms with Crippen molar-refractivity contribution < 1.29 is 13.7 Å². The smallest absolute Gasteiger partial charge is 0.295 e. The van der Waals surface area contributed by atoms with Crippen molar-refractivity contribution in [2.75, 3.05) is 5.32 Å². The van der Waals surface area contributed by atoms with Crippen molar-refractivity contribution in [2.24, 2.45) is 0 Å². The molecule has 21 heavy (non-hydrogen) atoms. The summed E-state index contributed by atoms with van der Waals surface area (Å²) in [6.07, 6.45) is 0. The molecule has 0 amide bonds. The van der Waals surface area contributed by atoms with Crippen LogP contribution in [0.5, 0.6) is 0 Å². The van der Waals surface area contributed by atoms with Crippen LogP contribution in [0.3, 0.4) is 0 Å². The van der Waals surface area contributed by atoms with Crippen LogP contribution in [-0.2, 0) is 6.54 Å². The molecule has 0 bridgehead atoms. The van der Waals surface area contributed by atoms with Gasteiger partial charge in [0.05, 0.1) is 4.92 Å². The molecule has 0 spiro atoms. The van der Waals surface area contributed by atoms with Crippen molar-refractivity contribution in [3.63, 3.8) is 0 Å². The lowest BCUT2D eigenvalue weighted by Gasteiger charge is -2.10. The second-order valence-corrected chi connectivity index (χ2v) is 5.39. The molecule has 0 aliphatic rings. The van der Waals surface area contributed by atoms with Crippen molar-refractivity contribution in [3.8, 4) is 0 Å². The number of halogens is 4. The monoisotopic (exact) mass is 376 g/mol. The van der Waals surface area contributed by atoms with Crippen LogP contribution in [0.25, 0.3) is 0 Å². The molecule has 0 atom stereocenters. The zero-order valence-corrected chi connectivity index (χ0v) is 12.7. The molecule has 8 heteroatoms. The van der Waals surface area contributed by atoms with Crippen LogP contribution >= 0.6 is 27.5 Å². The summed E-state index contributed by atoms with van der Waals surface area (Å²) in [5.74, 6) is -2.44. The zero-order valence-electron chi connectivity index (χ0n) is 10.4. The van der Waals surface area contributed by atoms with E-state index in [9.17, 15) is 18.9 Å². The van der Waals surface area contributed by atoms with Gasteiger partial charge in [-0.15, -0.1) is 0 Å². The fraction of sp³-hybridized carbons (Fsp3) is 0.0769. The Morgan fingerprint density at radius 3 is 2.62 bits per heavy atom. The highest BCUT2D eigenvalue weighted by Crippen LogP contribution is 2.30. The number of hydrogen-bond acceptors (Lipinski definition) is 3. The highest BCUT2D eigenvalue weighted by molar-refractivity contribution is 9.10. The molecule has 2 rings (SSSR count). The third-order valence-electron chi connectivity index (χ3n) is 2.74. The second-order valence-electron chi connectivity index (χ2n) is 4.10. The Morgan fingerprint density at radius 1 is 1.29 bits per heavy atom. The summed E-state index contributed by atoms with van der Waals surface area (Å²) in [6, 6.07) is 6.56. The first kappa shape index (κ1) is 15.7. The predicted octanol–water partition coefficient (Wildman–Crippen LogP) is 4.90. The Labute approximate surface area is 132 Å².